The summed E-state index contributed by atoms with van der Waals surface area (Å²) in [6.07, 6.45) is 6.02. The summed E-state index contributed by atoms with van der Waals surface area (Å²) >= 11 is 0. The molecule has 2 fully saturated rings. The van der Waals surface area contributed by atoms with E-state index in [0.717, 1.165) is 75.9 Å². The first-order valence-corrected chi connectivity index (χ1v) is 11.4. The van der Waals surface area contributed by atoms with Crippen LogP contribution in [0.15, 0.2) is 47.7 Å². The van der Waals surface area contributed by atoms with Crippen molar-refractivity contribution < 1.29 is 4.79 Å². The van der Waals surface area contributed by atoms with E-state index in [1.165, 1.54) is 0 Å². The van der Waals surface area contributed by atoms with Crippen molar-refractivity contribution in [3.05, 3.63) is 48.3 Å². The lowest BCUT2D eigenvalue weighted by Crippen LogP contribution is -2.54. The highest BCUT2D eigenvalue weighted by Gasteiger charge is 2.24. The van der Waals surface area contributed by atoms with Gasteiger partial charge in [0.2, 0.25) is 5.91 Å². The minimum Gasteiger partial charge on any atom is -0.357 e. The van der Waals surface area contributed by atoms with Gasteiger partial charge in [-0.3, -0.25) is 9.69 Å². The largest absolute Gasteiger partial charge is 0.357 e. The summed E-state index contributed by atoms with van der Waals surface area (Å²) in [5.74, 6) is 1.22. The zero-order chi connectivity index (χ0) is 21.5. The van der Waals surface area contributed by atoms with Crippen molar-refractivity contribution in [2.75, 3.05) is 52.4 Å². The van der Waals surface area contributed by atoms with Crippen molar-refractivity contribution in [1.82, 2.24) is 29.8 Å². The number of carbonyl (C=O) groups is 1. The van der Waals surface area contributed by atoms with E-state index in [-0.39, 0.29) is 29.9 Å². The maximum absolute atomic E-state index is 12.4. The van der Waals surface area contributed by atoms with Crippen LogP contribution in [0.4, 0.5) is 0 Å². The average Bonchev–Trinajstić information content (AvgIpc) is 3.52. The van der Waals surface area contributed by atoms with Crippen LogP contribution < -0.4 is 5.32 Å². The number of nitrogens with one attached hydrogen (secondary N) is 1. The minimum atomic E-state index is 0. The van der Waals surface area contributed by atoms with Gasteiger partial charge in [0, 0.05) is 58.2 Å². The number of benzene rings is 1. The molecule has 1 N–H and O–H groups in total. The number of halogens is 1. The zero-order valence-corrected chi connectivity index (χ0v) is 21.1. The third kappa shape index (κ3) is 6.44. The van der Waals surface area contributed by atoms with Crippen LogP contribution in [0, 0.1) is 0 Å². The molecule has 4 rings (SSSR count). The molecule has 3 heterocycles. The van der Waals surface area contributed by atoms with Gasteiger partial charge in [-0.25, -0.2) is 9.67 Å². The SMILES string of the molecule is CCNC(=NCc1cccc(-n2cccn2)c1)N1CCN(CC(=O)N2CCCC2)CC1.I. The van der Waals surface area contributed by atoms with Gasteiger partial charge in [0.25, 0.3) is 0 Å². The van der Waals surface area contributed by atoms with Gasteiger partial charge in [-0.15, -0.1) is 24.0 Å². The summed E-state index contributed by atoms with van der Waals surface area (Å²) in [6.45, 7) is 9.48. The summed E-state index contributed by atoms with van der Waals surface area (Å²) in [7, 11) is 0. The fraction of sp³-hybridized carbons (Fsp3) is 0.522. The van der Waals surface area contributed by atoms with Crippen LogP contribution >= 0.6 is 24.0 Å². The van der Waals surface area contributed by atoms with E-state index in [9.17, 15) is 4.79 Å². The Morgan fingerprint density at radius 1 is 1.06 bits per heavy atom. The van der Waals surface area contributed by atoms with Gasteiger partial charge in [0.05, 0.1) is 18.8 Å². The second kappa shape index (κ2) is 12.2. The molecule has 0 atom stereocenters. The Labute approximate surface area is 207 Å². The van der Waals surface area contributed by atoms with Crippen LogP contribution in [0.2, 0.25) is 0 Å². The number of guanidine groups is 1. The van der Waals surface area contributed by atoms with Crippen molar-refractivity contribution in [3.63, 3.8) is 0 Å². The number of likely N-dealkylation sites (tertiary alicyclic amines) is 1. The fourth-order valence-corrected chi connectivity index (χ4v) is 4.19. The number of hydrogen-bond donors (Lipinski definition) is 1. The maximum atomic E-state index is 12.4. The smallest absolute Gasteiger partial charge is 0.236 e. The Morgan fingerprint density at radius 3 is 2.53 bits per heavy atom. The molecule has 0 aliphatic carbocycles. The molecule has 8 nitrogen and oxygen atoms in total. The second-order valence-electron chi connectivity index (χ2n) is 8.14. The molecule has 0 unspecified atom stereocenters. The molecule has 2 aliphatic rings. The van der Waals surface area contributed by atoms with E-state index < -0.39 is 0 Å². The Hall–Kier alpha value is -2.14. The van der Waals surface area contributed by atoms with Crippen LogP contribution in [-0.2, 0) is 11.3 Å². The van der Waals surface area contributed by atoms with E-state index >= 15 is 0 Å². The average molecular weight is 551 g/mol. The predicted molar refractivity (Wildman–Crippen MR) is 138 cm³/mol. The lowest BCUT2D eigenvalue weighted by atomic mass is 10.2. The Kier molecular flexibility index (Phi) is 9.34. The highest BCUT2D eigenvalue weighted by molar-refractivity contribution is 14.0. The lowest BCUT2D eigenvalue weighted by Gasteiger charge is -2.36. The van der Waals surface area contributed by atoms with Crippen molar-refractivity contribution in [2.45, 2.75) is 26.3 Å². The number of rotatable bonds is 6. The molecule has 2 saturated heterocycles. The van der Waals surface area contributed by atoms with E-state index in [2.05, 4.69) is 39.3 Å². The van der Waals surface area contributed by atoms with Crippen LogP contribution in [0.25, 0.3) is 5.69 Å². The quantitative estimate of drug-likeness (QED) is 0.339. The molecule has 0 bridgehead atoms. The lowest BCUT2D eigenvalue weighted by molar-refractivity contribution is -0.131. The fourth-order valence-electron chi connectivity index (χ4n) is 4.19. The summed E-state index contributed by atoms with van der Waals surface area (Å²) in [5, 5.41) is 7.74. The predicted octanol–water partition coefficient (Wildman–Crippen LogP) is 2.20. The van der Waals surface area contributed by atoms with Crippen LogP contribution in [0.5, 0.6) is 0 Å². The number of hydrogen-bond acceptors (Lipinski definition) is 4. The molecule has 174 valence electrons. The first kappa shape index (κ1) is 24.5. The Bertz CT molecular complexity index is 872. The van der Waals surface area contributed by atoms with E-state index in [0.29, 0.717) is 13.1 Å². The van der Waals surface area contributed by atoms with E-state index in [1.807, 2.05) is 34.0 Å². The molecule has 0 radical (unpaired) electrons. The van der Waals surface area contributed by atoms with Crippen molar-refractivity contribution in [3.8, 4) is 5.69 Å². The summed E-state index contributed by atoms with van der Waals surface area (Å²) in [4.78, 5) is 23.9. The van der Waals surface area contributed by atoms with Crippen LogP contribution in [-0.4, -0.2) is 88.7 Å². The number of piperazine rings is 1. The van der Waals surface area contributed by atoms with E-state index in [4.69, 9.17) is 4.99 Å². The molecule has 0 saturated carbocycles. The number of carbonyl (C=O) groups excluding carboxylic acids is 1. The third-order valence-corrected chi connectivity index (χ3v) is 5.92. The van der Waals surface area contributed by atoms with Gasteiger partial charge in [-0.05, 0) is 43.5 Å². The van der Waals surface area contributed by atoms with Crippen molar-refractivity contribution in [1.29, 1.82) is 0 Å². The summed E-state index contributed by atoms with van der Waals surface area (Å²) in [6, 6.07) is 10.2. The molecular formula is C23H34IN7O. The molecular weight excluding hydrogens is 517 g/mol. The molecule has 32 heavy (non-hydrogen) atoms. The van der Waals surface area contributed by atoms with Crippen LogP contribution in [0.3, 0.4) is 0 Å². The number of amides is 1. The highest BCUT2D eigenvalue weighted by atomic mass is 127. The number of aliphatic imine (C=N–C) groups is 1. The standard InChI is InChI=1S/C23H33N7O.HI/c1-2-24-23(25-18-20-7-5-8-21(17-20)30-12-6-9-26-30)29-15-13-27(14-16-29)19-22(31)28-10-3-4-11-28;/h5-9,12,17H,2-4,10-11,13-16,18-19H2,1H3,(H,24,25);1H. The minimum absolute atomic E-state index is 0. The van der Waals surface area contributed by atoms with Gasteiger partial charge in [-0.2, -0.15) is 5.10 Å². The third-order valence-electron chi connectivity index (χ3n) is 5.92. The number of nitrogens with zero attached hydrogens (tertiary/aromatic N) is 6. The van der Waals surface area contributed by atoms with Gasteiger partial charge in [0.15, 0.2) is 5.96 Å². The van der Waals surface area contributed by atoms with Crippen molar-refractivity contribution >= 4 is 35.8 Å². The second-order valence-corrected chi connectivity index (χ2v) is 8.14. The topological polar surface area (TPSA) is 69.0 Å². The normalized spacial score (nSPS) is 17.3. The molecule has 1 aromatic heterocycles. The Morgan fingerprint density at radius 2 is 1.84 bits per heavy atom. The molecule has 2 aromatic rings. The van der Waals surface area contributed by atoms with Gasteiger partial charge < -0.3 is 15.1 Å². The maximum Gasteiger partial charge on any atom is 0.236 e. The van der Waals surface area contributed by atoms with Crippen molar-refractivity contribution in [2.24, 2.45) is 4.99 Å². The monoisotopic (exact) mass is 551 g/mol. The highest BCUT2D eigenvalue weighted by Crippen LogP contribution is 2.12. The summed E-state index contributed by atoms with van der Waals surface area (Å²) < 4.78 is 1.86. The van der Waals surface area contributed by atoms with Gasteiger partial charge in [0.1, 0.15) is 0 Å². The van der Waals surface area contributed by atoms with Gasteiger partial charge >= 0.3 is 0 Å². The first-order valence-electron chi connectivity index (χ1n) is 11.4. The molecule has 9 heteroatoms. The molecule has 0 spiro atoms. The number of aromatic nitrogens is 2. The molecule has 2 aliphatic heterocycles. The zero-order valence-electron chi connectivity index (χ0n) is 18.8. The molecule has 1 aromatic carbocycles. The first-order chi connectivity index (χ1) is 15.2. The van der Waals surface area contributed by atoms with Crippen LogP contribution in [0.1, 0.15) is 25.3 Å². The van der Waals surface area contributed by atoms with Gasteiger partial charge in [-0.1, -0.05) is 12.1 Å². The summed E-state index contributed by atoms with van der Waals surface area (Å²) in [5.41, 5.74) is 2.19. The Balaban J connectivity index is 0.00000289. The van der Waals surface area contributed by atoms with E-state index in [1.54, 1.807) is 6.20 Å². The molecule has 1 amide bonds.